The summed E-state index contributed by atoms with van der Waals surface area (Å²) >= 11 is 3.39. The number of rotatable bonds is 9. The van der Waals surface area contributed by atoms with E-state index < -0.39 is 11.9 Å². The van der Waals surface area contributed by atoms with Crippen molar-refractivity contribution in [3.8, 4) is 23.0 Å². The second-order valence-electron chi connectivity index (χ2n) is 7.70. The van der Waals surface area contributed by atoms with Crippen LogP contribution in [-0.4, -0.2) is 38.9 Å². The van der Waals surface area contributed by atoms with Crippen molar-refractivity contribution in [1.82, 2.24) is 5.43 Å². The zero-order chi connectivity index (χ0) is 26.2. The Morgan fingerprint density at radius 1 is 0.865 bits per heavy atom. The standard InChI is InChI=1S/C28H23BrN2O6/c1-34-25-12-10-19(15-26(25)35-2)28(33)37-23-13-11-21(29)14-20(23)16-30-31-27(32)17-36-24-9-5-7-18-6-3-4-8-22(18)24/h3-16H,17H2,1-2H3,(H,31,32). The molecule has 0 aliphatic rings. The molecule has 4 aromatic carbocycles. The lowest BCUT2D eigenvalue weighted by atomic mass is 10.1. The molecule has 0 radical (unpaired) electrons. The molecule has 0 saturated carbocycles. The molecule has 4 rings (SSSR count). The molecule has 0 atom stereocenters. The summed E-state index contributed by atoms with van der Waals surface area (Å²) in [5.74, 6) is 0.730. The van der Waals surface area contributed by atoms with Gasteiger partial charge in [-0.2, -0.15) is 5.10 Å². The molecule has 1 N–H and O–H groups in total. The summed E-state index contributed by atoms with van der Waals surface area (Å²) in [5, 5.41) is 5.92. The molecule has 0 unspecified atom stereocenters. The predicted octanol–water partition coefficient (Wildman–Crippen LogP) is 5.37. The molecular formula is C28H23BrN2O6. The van der Waals surface area contributed by atoms with Crippen LogP contribution in [-0.2, 0) is 4.79 Å². The van der Waals surface area contributed by atoms with Crippen molar-refractivity contribution in [2.45, 2.75) is 0 Å². The monoisotopic (exact) mass is 562 g/mol. The van der Waals surface area contributed by atoms with Crippen LogP contribution in [0.25, 0.3) is 10.8 Å². The highest BCUT2D eigenvalue weighted by molar-refractivity contribution is 9.10. The normalized spacial score (nSPS) is 10.8. The van der Waals surface area contributed by atoms with E-state index in [0.717, 1.165) is 15.2 Å². The second kappa shape index (κ2) is 12.0. The number of ether oxygens (including phenoxy) is 4. The van der Waals surface area contributed by atoms with Gasteiger partial charge in [-0.25, -0.2) is 10.2 Å². The Morgan fingerprint density at radius 2 is 1.62 bits per heavy atom. The van der Waals surface area contributed by atoms with Gasteiger partial charge < -0.3 is 18.9 Å². The lowest BCUT2D eigenvalue weighted by Gasteiger charge is -2.11. The van der Waals surface area contributed by atoms with Crippen LogP contribution >= 0.6 is 15.9 Å². The van der Waals surface area contributed by atoms with Gasteiger partial charge in [0, 0.05) is 15.4 Å². The SMILES string of the molecule is COc1ccc(C(=O)Oc2ccc(Br)cc2C=NNC(=O)COc2cccc3ccccc23)cc1OC. The average molecular weight is 563 g/mol. The smallest absolute Gasteiger partial charge is 0.343 e. The first kappa shape index (κ1) is 25.7. The fourth-order valence-electron chi connectivity index (χ4n) is 3.51. The lowest BCUT2D eigenvalue weighted by Crippen LogP contribution is -2.24. The maximum absolute atomic E-state index is 12.8. The summed E-state index contributed by atoms with van der Waals surface area (Å²) in [4.78, 5) is 25.1. The molecule has 0 fully saturated rings. The number of methoxy groups -OCH3 is 2. The number of nitrogens with one attached hydrogen (secondary N) is 1. The van der Waals surface area contributed by atoms with Crippen LogP contribution in [0.5, 0.6) is 23.0 Å². The second-order valence-corrected chi connectivity index (χ2v) is 8.62. The molecule has 188 valence electrons. The number of fused-ring (bicyclic) bond motifs is 1. The number of carbonyl (C=O) groups is 2. The molecule has 0 aromatic heterocycles. The van der Waals surface area contributed by atoms with E-state index in [1.54, 1.807) is 36.4 Å². The molecule has 4 aromatic rings. The van der Waals surface area contributed by atoms with Gasteiger partial charge in [0.15, 0.2) is 18.1 Å². The number of hydrogen-bond acceptors (Lipinski definition) is 7. The molecule has 0 saturated heterocycles. The summed E-state index contributed by atoms with van der Waals surface area (Å²) in [6.07, 6.45) is 1.39. The van der Waals surface area contributed by atoms with Crippen molar-refractivity contribution in [3.63, 3.8) is 0 Å². The Bertz CT molecular complexity index is 1470. The minimum Gasteiger partial charge on any atom is -0.493 e. The molecule has 9 heteroatoms. The third kappa shape index (κ3) is 6.45. The quantitative estimate of drug-likeness (QED) is 0.127. The van der Waals surface area contributed by atoms with E-state index in [2.05, 4.69) is 26.5 Å². The first-order valence-corrected chi connectivity index (χ1v) is 11.9. The largest absolute Gasteiger partial charge is 0.493 e. The number of carbonyl (C=O) groups excluding carboxylic acids is 2. The van der Waals surface area contributed by atoms with E-state index in [1.807, 2.05) is 36.4 Å². The fourth-order valence-corrected chi connectivity index (χ4v) is 3.88. The maximum Gasteiger partial charge on any atom is 0.343 e. The van der Waals surface area contributed by atoms with Crippen LogP contribution in [0.1, 0.15) is 15.9 Å². The van der Waals surface area contributed by atoms with E-state index in [-0.39, 0.29) is 17.9 Å². The van der Waals surface area contributed by atoms with Gasteiger partial charge in [-0.3, -0.25) is 4.79 Å². The molecule has 0 aliphatic carbocycles. The lowest BCUT2D eigenvalue weighted by molar-refractivity contribution is -0.123. The van der Waals surface area contributed by atoms with Crippen molar-refractivity contribution in [2.75, 3.05) is 20.8 Å². The molecule has 37 heavy (non-hydrogen) atoms. The Kier molecular flexibility index (Phi) is 8.37. The van der Waals surface area contributed by atoms with E-state index in [4.69, 9.17) is 18.9 Å². The Labute approximate surface area is 221 Å². The van der Waals surface area contributed by atoms with Gasteiger partial charge in [-0.15, -0.1) is 0 Å². The van der Waals surface area contributed by atoms with Gasteiger partial charge in [0.25, 0.3) is 5.91 Å². The summed E-state index contributed by atoms with van der Waals surface area (Å²) in [5.41, 5.74) is 3.18. The van der Waals surface area contributed by atoms with Gasteiger partial charge in [-0.05, 0) is 47.9 Å². The number of benzene rings is 4. The topological polar surface area (TPSA) is 95.5 Å². The van der Waals surface area contributed by atoms with Gasteiger partial charge in [0.1, 0.15) is 11.5 Å². The van der Waals surface area contributed by atoms with Crippen LogP contribution in [0.4, 0.5) is 0 Å². The number of esters is 1. The van der Waals surface area contributed by atoms with Crippen LogP contribution in [0.3, 0.4) is 0 Å². The number of hydrazone groups is 1. The van der Waals surface area contributed by atoms with E-state index in [1.165, 1.54) is 26.5 Å². The molecule has 0 bridgehead atoms. The van der Waals surface area contributed by atoms with Gasteiger partial charge in [-0.1, -0.05) is 52.3 Å². The van der Waals surface area contributed by atoms with Crippen molar-refractivity contribution in [2.24, 2.45) is 5.10 Å². The number of nitrogens with zero attached hydrogens (tertiary/aromatic N) is 1. The van der Waals surface area contributed by atoms with Gasteiger partial charge in [0.05, 0.1) is 26.0 Å². The first-order chi connectivity index (χ1) is 18.0. The Morgan fingerprint density at radius 3 is 2.43 bits per heavy atom. The minimum atomic E-state index is -0.592. The van der Waals surface area contributed by atoms with Crippen molar-refractivity contribution in [1.29, 1.82) is 0 Å². The van der Waals surface area contributed by atoms with Gasteiger partial charge >= 0.3 is 5.97 Å². The first-order valence-electron chi connectivity index (χ1n) is 11.1. The summed E-state index contributed by atoms with van der Waals surface area (Å²) in [6, 6.07) is 23.2. The Hall–Kier alpha value is -4.37. The molecule has 0 spiro atoms. The number of halogens is 1. The zero-order valence-corrected chi connectivity index (χ0v) is 21.7. The summed E-state index contributed by atoms with van der Waals surface area (Å²) in [6.45, 7) is -0.217. The molecular weight excluding hydrogens is 540 g/mol. The summed E-state index contributed by atoms with van der Waals surface area (Å²) in [7, 11) is 3.00. The van der Waals surface area contributed by atoms with E-state index in [9.17, 15) is 9.59 Å². The van der Waals surface area contributed by atoms with Crippen molar-refractivity contribution < 1.29 is 28.5 Å². The summed E-state index contributed by atoms with van der Waals surface area (Å²) < 4.78 is 22.5. The molecule has 1 amide bonds. The third-order valence-electron chi connectivity index (χ3n) is 5.30. The highest BCUT2D eigenvalue weighted by Crippen LogP contribution is 2.29. The Balaban J connectivity index is 1.41. The van der Waals surface area contributed by atoms with Crippen LogP contribution in [0, 0.1) is 0 Å². The van der Waals surface area contributed by atoms with Crippen molar-refractivity contribution >= 4 is 44.8 Å². The minimum absolute atomic E-state index is 0.217. The highest BCUT2D eigenvalue weighted by atomic mass is 79.9. The maximum atomic E-state index is 12.8. The van der Waals surface area contributed by atoms with E-state index >= 15 is 0 Å². The molecule has 0 heterocycles. The number of hydrogen-bond donors (Lipinski definition) is 1. The zero-order valence-electron chi connectivity index (χ0n) is 20.1. The van der Waals surface area contributed by atoms with Crippen LogP contribution < -0.4 is 24.4 Å². The molecule has 8 nitrogen and oxygen atoms in total. The average Bonchev–Trinajstić information content (AvgIpc) is 2.92. The molecule has 0 aliphatic heterocycles. The fraction of sp³-hybridized carbons (Fsp3) is 0.107. The number of amides is 1. The van der Waals surface area contributed by atoms with E-state index in [0.29, 0.717) is 22.8 Å². The highest BCUT2D eigenvalue weighted by Gasteiger charge is 2.15. The van der Waals surface area contributed by atoms with Crippen molar-refractivity contribution in [3.05, 3.63) is 94.5 Å². The van der Waals surface area contributed by atoms with Crippen LogP contribution in [0.15, 0.2) is 88.4 Å². The van der Waals surface area contributed by atoms with Crippen LogP contribution in [0.2, 0.25) is 0 Å². The third-order valence-corrected chi connectivity index (χ3v) is 5.79. The predicted molar refractivity (Wildman–Crippen MR) is 144 cm³/mol. The van der Waals surface area contributed by atoms with Gasteiger partial charge in [0.2, 0.25) is 0 Å².